The molecule has 3 aromatic rings. The Morgan fingerprint density at radius 3 is 2.52 bits per heavy atom. The second-order valence-electron chi connectivity index (χ2n) is 5.71. The molecule has 3 nitrogen and oxygen atoms in total. The van der Waals surface area contributed by atoms with Gasteiger partial charge in [-0.25, -0.2) is 0 Å². The van der Waals surface area contributed by atoms with Crippen molar-refractivity contribution >= 4 is 32.7 Å². The number of primary amides is 1. The number of hydrogen-bond donors (Lipinski definition) is 2. The summed E-state index contributed by atoms with van der Waals surface area (Å²) in [5.74, 6) is -1.08. The summed E-state index contributed by atoms with van der Waals surface area (Å²) in [4.78, 5) is 14.5. The molecule has 0 saturated carbocycles. The molecule has 2 aromatic carbocycles. The summed E-state index contributed by atoms with van der Waals surface area (Å²) in [5.41, 5.74) is 5.57. The van der Waals surface area contributed by atoms with Gasteiger partial charge in [0.2, 0.25) is 5.91 Å². The number of rotatable bonds is 4. The van der Waals surface area contributed by atoms with E-state index in [1.54, 1.807) is 6.20 Å². The molecule has 0 spiro atoms. The number of carbonyl (C=O) groups is 1. The van der Waals surface area contributed by atoms with Crippen molar-refractivity contribution in [3.05, 3.63) is 69.3 Å². The van der Waals surface area contributed by atoms with E-state index in [4.69, 9.17) is 5.73 Å². The average molecular weight is 411 g/mol. The molecule has 0 unspecified atom stereocenters. The van der Waals surface area contributed by atoms with E-state index >= 15 is 0 Å². The van der Waals surface area contributed by atoms with Gasteiger partial charge in [-0.3, -0.25) is 4.79 Å². The first-order chi connectivity index (χ1) is 11.8. The van der Waals surface area contributed by atoms with E-state index in [2.05, 4.69) is 20.9 Å². The summed E-state index contributed by atoms with van der Waals surface area (Å²) in [7, 11) is 0. The molecule has 1 amide bonds. The van der Waals surface area contributed by atoms with Gasteiger partial charge in [0.05, 0.1) is 11.1 Å². The normalized spacial score (nSPS) is 11.8. The average Bonchev–Trinajstić information content (AvgIpc) is 2.93. The lowest BCUT2D eigenvalue weighted by Crippen LogP contribution is -2.21. The number of carbonyl (C=O) groups excluding carboxylic acids is 1. The van der Waals surface area contributed by atoms with Crippen LogP contribution in [0.25, 0.3) is 10.9 Å². The Labute approximate surface area is 150 Å². The third kappa shape index (κ3) is 3.56. The molecule has 0 bridgehead atoms. The van der Waals surface area contributed by atoms with Crippen molar-refractivity contribution in [2.24, 2.45) is 5.73 Å². The highest BCUT2D eigenvalue weighted by Crippen LogP contribution is 2.35. The predicted octanol–water partition coefficient (Wildman–Crippen LogP) is 4.83. The summed E-state index contributed by atoms with van der Waals surface area (Å²) >= 11 is 3.40. The number of fused-ring (bicyclic) bond motifs is 1. The van der Waals surface area contributed by atoms with Crippen LogP contribution in [0, 0.1) is 0 Å². The van der Waals surface area contributed by atoms with Gasteiger partial charge in [0.25, 0.3) is 0 Å². The zero-order chi connectivity index (χ0) is 18.2. The number of nitrogens with one attached hydrogen (secondary N) is 1. The molecule has 25 heavy (non-hydrogen) atoms. The van der Waals surface area contributed by atoms with Gasteiger partial charge in [-0.2, -0.15) is 13.2 Å². The van der Waals surface area contributed by atoms with Crippen molar-refractivity contribution in [1.82, 2.24) is 4.98 Å². The van der Waals surface area contributed by atoms with Crippen LogP contribution in [0.2, 0.25) is 0 Å². The Kier molecular flexibility index (Phi) is 4.60. The predicted molar refractivity (Wildman–Crippen MR) is 93.4 cm³/mol. The Morgan fingerprint density at radius 1 is 1.12 bits per heavy atom. The highest BCUT2D eigenvalue weighted by Gasteiger charge is 2.37. The van der Waals surface area contributed by atoms with E-state index in [1.807, 2.05) is 18.2 Å². The largest absolute Gasteiger partial charge is 0.417 e. The van der Waals surface area contributed by atoms with E-state index in [1.165, 1.54) is 12.1 Å². The third-order valence-electron chi connectivity index (χ3n) is 4.09. The Hall–Kier alpha value is -2.28. The van der Waals surface area contributed by atoms with Crippen LogP contribution in [0.4, 0.5) is 13.2 Å². The number of alkyl halides is 3. The van der Waals surface area contributed by atoms with Gasteiger partial charge in [-0.1, -0.05) is 28.1 Å². The van der Waals surface area contributed by atoms with Crippen LogP contribution in [0.1, 0.15) is 27.0 Å². The number of aromatic nitrogens is 1. The molecular formula is C18H14BrF3N2O. The first kappa shape index (κ1) is 17.5. The number of amides is 1. The van der Waals surface area contributed by atoms with Crippen molar-refractivity contribution < 1.29 is 18.0 Å². The number of H-pyrrole nitrogens is 1. The molecule has 3 rings (SSSR count). The van der Waals surface area contributed by atoms with Gasteiger partial charge >= 0.3 is 6.18 Å². The highest BCUT2D eigenvalue weighted by molar-refractivity contribution is 9.10. The minimum Gasteiger partial charge on any atom is -0.366 e. The highest BCUT2D eigenvalue weighted by atomic mass is 79.9. The molecule has 0 saturated heterocycles. The smallest absolute Gasteiger partial charge is 0.366 e. The van der Waals surface area contributed by atoms with Crippen molar-refractivity contribution in [3.8, 4) is 0 Å². The number of benzene rings is 2. The lowest BCUT2D eigenvalue weighted by Gasteiger charge is -2.16. The zero-order valence-corrected chi connectivity index (χ0v) is 14.5. The molecule has 0 aliphatic carbocycles. The Bertz CT molecular complexity index is 947. The lowest BCUT2D eigenvalue weighted by atomic mass is 9.95. The number of nitrogens with two attached hydrogens (primary N) is 1. The van der Waals surface area contributed by atoms with Crippen LogP contribution in [0.3, 0.4) is 0 Å². The fourth-order valence-electron chi connectivity index (χ4n) is 2.98. The SMILES string of the molecule is NC(=O)c1cccc(CCc2c[nH]c3ccc(Br)cc23)c1C(F)(F)F. The third-order valence-corrected chi connectivity index (χ3v) is 4.59. The minimum absolute atomic E-state index is 0.0631. The first-order valence-corrected chi connectivity index (χ1v) is 8.31. The second-order valence-corrected chi connectivity index (χ2v) is 6.62. The van der Waals surface area contributed by atoms with Crippen LogP contribution in [-0.4, -0.2) is 10.9 Å². The molecule has 1 heterocycles. The molecule has 3 N–H and O–H groups in total. The standard InChI is InChI=1S/C18H14BrF3N2O/c19-12-6-7-15-14(8-12)11(9-24-15)5-4-10-2-1-3-13(17(23)25)16(10)18(20,21)22/h1-3,6-9,24H,4-5H2,(H2,23,25). The molecule has 0 atom stereocenters. The number of aryl methyl sites for hydroxylation is 2. The summed E-state index contributed by atoms with van der Waals surface area (Å²) in [6, 6.07) is 9.64. The molecule has 0 fully saturated rings. The maximum absolute atomic E-state index is 13.4. The van der Waals surface area contributed by atoms with Gasteiger partial charge < -0.3 is 10.7 Å². The monoisotopic (exact) mass is 410 g/mol. The molecule has 0 aliphatic rings. The molecule has 7 heteroatoms. The van der Waals surface area contributed by atoms with Crippen molar-refractivity contribution in [3.63, 3.8) is 0 Å². The first-order valence-electron chi connectivity index (χ1n) is 7.52. The topological polar surface area (TPSA) is 58.9 Å². The van der Waals surface area contributed by atoms with Crippen LogP contribution in [-0.2, 0) is 19.0 Å². The van der Waals surface area contributed by atoms with E-state index in [0.29, 0.717) is 6.42 Å². The Morgan fingerprint density at radius 2 is 1.84 bits per heavy atom. The number of halogens is 4. The van der Waals surface area contributed by atoms with Crippen LogP contribution >= 0.6 is 15.9 Å². The zero-order valence-electron chi connectivity index (χ0n) is 13.0. The van der Waals surface area contributed by atoms with Crippen molar-refractivity contribution in [1.29, 1.82) is 0 Å². The van der Waals surface area contributed by atoms with Gasteiger partial charge in [-0.15, -0.1) is 0 Å². The number of hydrogen-bond acceptors (Lipinski definition) is 1. The van der Waals surface area contributed by atoms with Crippen LogP contribution < -0.4 is 5.73 Å². The second kappa shape index (κ2) is 6.55. The van der Waals surface area contributed by atoms with Crippen LogP contribution in [0.15, 0.2) is 47.1 Å². The minimum atomic E-state index is -4.63. The maximum Gasteiger partial charge on any atom is 0.417 e. The maximum atomic E-state index is 13.4. The summed E-state index contributed by atoms with van der Waals surface area (Å²) in [6.45, 7) is 0. The van der Waals surface area contributed by atoms with E-state index in [0.717, 1.165) is 27.0 Å². The van der Waals surface area contributed by atoms with Crippen LogP contribution in [0.5, 0.6) is 0 Å². The molecule has 1 aromatic heterocycles. The van der Waals surface area contributed by atoms with Crippen molar-refractivity contribution in [2.75, 3.05) is 0 Å². The van der Waals surface area contributed by atoms with Gasteiger partial charge in [0.1, 0.15) is 0 Å². The Balaban J connectivity index is 1.96. The molecule has 0 aliphatic heterocycles. The lowest BCUT2D eigenvalue weighted by molar-refractivity contribution is -0.138. The summed E-state index contributed by atoms with van der Waals surface area (Å²) in [5, 5.41) is 0.953. The quantitative estimate of drug-likeness (QED) is 0.635. The van der Waals surface area contributed by atoms with Gasteiger partial charge in [0.15, 0.2) is 0 Å². The van der Waals surface area contributed by atoms with Gasteiger partial charge in [-0.05, 0) is 48.2 Å². The van der Waals surface area contributed by atoms with Crippen molar-refractivity contribution in [2.45, 2.75) is 19.0 Å². The molecular weight excluding hydrogens is 397 g/mol. The van der Waals surface area contributed by atoms with Gasteiger partial charge in [0, 0.05) is 21.6 Å². The molecule has 130 valence electrons. The van der Waals surface area contributed by atoms with E-state index in [-0.39, 0.29) is 12.0 Å². The fraction of sp³-hybridized carbons (Fsp3) is 0.167. The summed E-state index contributed by atoms with van der Waals surface area (Å²) < 4.78 is 41.2. The summed E-state index contributed by atoms with van der Waals surface area (Å²) in [6.07, 6.45) is -2.29. The fourth-order valence-corrected chi connectivity index (χ4v) is 3.34. The van der Waals surface area contributed by atoms with E-state index < -0.39 is 23.2 Å². The molecule has 0 radical (unpaired) electrons. The number of aromatic amines is 1. The van der Waals surface area contributed by atoms with E-state index in [9.17, 15) is 18.0 Å².